The fourth-order valence-electron chi connectivity index (χ4n) is 2.08. The van der Waals surface area contributed by atoms with Crippen LogP contribution in [-0.4, -0.2) is 25.3 Å². The number of carbonyl (C=O) groups excluding carboxylic acids is 1. The lowest BCUT2D eigenvalue weighted by Crippen LogP contribution is -2.37. The van der Waals surface area contributed by atoms with Crippen LogP contribution in [0, 0.1) is 0 Å². The lowest BCUT2D eigenvalue weighted by molar-refractivity contribution is -0.142. The lowest BCUT2D eigenvalue weighted by atomic mass is 10.1. The van der Waals surface area contributed by atoms with Gasteiger partial charge >= 0.3 is 5.97 Å². The molecule has 0 fully saturated rings. The summed E-state index contributed by atoms with van der Waals surface area (Å²) in [5.74, 6) is 0.242. The normalized spacial score (nSPS) is 11.2. The predicted molar refractivity (Wildman–Crippen MR) is 93.5 cm³/mol. The second-order valence-corrected chi connectivity index (χ2v) is 5.07. The number of anilines is 1. The van der Waals surface area contributed by atoms with E-state index in [0.29, 0.717) is 16.5 Å². The highest BCUT2D eigenvalue weighted by molar-refractivity contribution is 7.80. The molecule has 0 radical (unpaired) electrons. The molecule has 1 unspecified atom stereocenters. The summed E-state index contributed by atoms with van der Waals surface area (Å²) in [6.07, 6.45) is 0. The van der Waals surface area contributed by atoms with Crippen molar-refractivity contribution in [1.29, 1.82) is 0 Å². The zero-order chi connectivity index (χ0) is 16.7. The first-order chi connectivity index (χ1) is 11.2. The molecule has 120 valence electrons. The van der Waals surface area contributed by atoms with E-state index < -0.39 is 12.0 Å². The molecule has 0 aliphatic heterocycles. The topological polar surface area (TPSA) is 59.6 Å². The molecule has 23 heavy (non-hydrogen) atoms. The number of thiocarbonyl (C=S) groups is 1. The zero-order valence-corrected chi connectivity index (χ0v) is 13.7. The van der Waals surface area contributed by atoms with Crippen LogP contribution in [0.15, 0.2) is 54.6 Å². The number of ether oxygens (including phenoxy) is 2. The van der Waals surface area contributed by atoms with Gasteiger partial charge in [0.1, 0.15) is 5.75 Å². The molecule has 0 amide bonds. The Morgan fingerprint density at radius 3 is 2.35 bits per heavy atom. The Morgan fingerprint density at radius 2 is 1.70 bits per heavy atom. The van der Waals surface area contributed by atoms with E-state index in [1.54, 1.807) is 7.11 Å². The quantitative estimate of drug-likeness (QED) is 0.649. The van der Waals surface area contributed by atoms with E-state index >= 15 is 0 Å². The molecule has 2 rings (SSSR count). The minimum Gasteiger partial charge on any atom is -0.495 e. The third-order valence-corrected chi connectivity index (χ3v) is 3.42. The van der Waals surface area contributed by atoms with Crippen LogP contribution < -0.4 is 15.4 Å². The summed E-state index contributed by atoms with van der Waals surface area (Å²) in [4.78, 5) is 12.0. The van der Waals surface area contributed by atoms with Crippen LogP contribution in [0.2, 0.25) is 0 Å². The second kappa shape index (κ2) is 8.14. The number of nitrogens with one attached hydrogen (secondary N) is 2. The van der Waals surface area contributed by atoms with E-state index in [9.17, 15) is 4.79 Å². The molecule has 0 saturated heterocycles. The van der Waals surface area contributed by atoms with E-state index in [-0.39, 0.29) is 0 Å². The summed E-state index contributed by atoms with van der Waals surface area (Å²) in [7, 11) is 2.93. The summed E-state index contributed by atoms with van der Waals surface area (Å²) in [5, 5.41) is 6.30. The maximum atomic E-state index is 12.0. The van der Waals surface area contributed by atoms with Gasteiger partial charge < -0.3 is 20.1 Å². The molecule has 0 saturated carbocycles. The van der Waals surface area contributed by atoms with Crippen LogP contribution in [0.4, 0.5) is 5.69 Å². The van der Waals surface area contributed by atoms with Gasteiger partial charge in [-0.2, -0.15) is 0 Å². The van der Waals surface area contributed by atoms with Gasteiger partial charge in [0, 0.05) is 0 Å². The molecule has 5 nitrogen and oxygen atoms in total. The van der Waals surface area contributed by atoms with Crippen molar-refractivity contribution in [2.45, 2.75) is 6.04 Å². The fourth-order valence-corrected chi connectivity index (χ4v) is 2.31. The number of rotatable bonds is 5. The van der Waals surface area contributed by atoms with Crippen molar-refractivity contribution in [3.63, 3.8) is 0 Å². The minimum atomic E-state index is -0.684. The van der Waals surface area contributed by atoms with Gasteiger partial charge in [0.15, 0.2) is 11.2 Å². The Hall–Kier alpha value is -2.60. The number of para-hydroxylation sites is 2. The maximum absolute atomic E-state index is 12.0. The molecular weight excluding hydrogens is 312 g/mol. The van der Waals surface area contributed by atoms with Gasteiger partial charge in [0.05, 0.1) is 19.9 Å². The Bertz CT molecular complexity index is 677. The molecule has 0 heterocycles. The molecule has 0 aromatic heterocycles. The Morgan fingerprint density at radius 1 is 1.04 bits per heavy atom. The Kier molecular flexibility index (Phi) is 5.94. The van der Waals surface area contributed by atoms with E-state index in [1.165, 1.54) is 7.11 Å². The fraction of sp³-hybridized carbons (Fsp3) is 0.176. The van der Waals surface area contributed by atoms with Gasteiger partial charge in [0.25, 0.3) is 0 Å². The number of esters is 1. The number of benzene rings is 2. The van der Waals surface area contributed by atoms with Crippen molar-refractivity contribution in [2.75, 3.05) is 19.5 Å². The van der Waals surface area contributed by atoms with Gasteiger partial charge in [-0.3, -0.25) is 0 Å². The van der Waals surface area contributed by atoms with Crippen LogP contribution >= 0.6 is 12.2 Å². The first-order valence-electron chi connectivity index (χ1n) is 6.99. The smallest absolute Gasteiger partial charge is 0.333 e. The van der Waals surface area contributed by atoms with E-state index in [4.69, 9.17) is 21.7 Å². The van der Waals surface area contributed by atoms with E-state index in [1.807, 2.05) is 54.6 Å². The molecule has 2 aromatic rings. The maximum Gasteiger partial charge on any atom is 0.333 e. The van der Waals surface area contributed by atoms with Gasteiger partial charge in [-0.15, -0.1) is 0 Å². The van der Waals surface area contributed by atoms with Crippen LogP contribution in [0.5, 0.6) is 5.75 Å². The number of carbonyl (C=O) groups is 1. The predicted octanol–water partition coefficient (Wildman–Crippen LogP) is 2.90. The molecule has 6 heteroatoms. The summed E-state index contributed by atoms with van der Waals surface area (Å²) in [5.41, 5.74) is 1.48. The SMILES string of the molecule is COC(=O)C(NC(=S)Nc1ccccc1OC)c1ccccc1. The highest BCUT2D eigenvalue weighted by atomic mass is 32.1. The van der Waals surface area contributed by atoms with Crippen LogP contribution in [0.1, 0.15) is 11.6 Å². The van der Waals surface area contributed by atoms with E-state index in [2.05, 4.69) is 10.6 Å². The first kappa shape index (κ1) is 16.8. The second-order valence-electron chi connectivity index (χ2n) is 4.67. The van der Waals surface area contributed by atoms with Gasteiger partial charge in [0.2, 0.25) is 0 Å². The van der Waals surface area contributed by atoms with E-state index in [0.717, 1.165) is 5.56 Å². The monoisotopic (exact) mass is 330 g/mol. The van der Waals surface area contributed by atoms with Crippen LogP contribution in [0.25, 0.3) is 0 Å². The zero-order valence-electron chi connectivity index (χ0n) is 12.9. The molecule has 0 aliphatic rings. The van der Waals surface area contributed by atoms with Crippen LogP contribution in [0.3, 0.4) is 0 Å². The van der Waals surface area contributed by atoms with Crippen molar-refractivity contribution in [2.24, 2.45) is 0 Å². The largest absolute Gasteiger partial charge is 0.495 e. The molecule has 0 spiro atoms. The van der Waals surface area contributed by atoms with Gasteiger partial charge in [-0.25, -0.2) is 4.79 Å². The highest BCUT2D eigenvalue weighted by Gasteiger charge is 2.22. The van der Waals surface area contributed by atoms with Crippen molar-refractivity contribution in [3.8, 4) is 5.75 Å². The highest BCUT2D eigenvalue weighted by Crippen LogP contribution is 2.23. The van der Waals surface area contributed by atoms with Gasteiger partial charge in [-0.1, -0.05) is 42.5 Å². The first-order valence-corrected chi connectivity index (χ1v) is 7.40. The van der Waals surface area contributed by atoms with Crippen molar-refractivity contribution >= 4 is 29.0 Å². The van der Waals surface area contributed by atoms with Crippen molar-refractivity contribution in [1.82, 2.24) is 5.32 Å². The summed E-state index contributed by atoms with van der Waals surface area (Å²) in [6, 6.07) is 15.9. The Balaban J connectivity index is 2.13. The summed E-state index contributed by atoms with van der Waals surface area (Å²) >= 11 is 5.30. The molecule has 2 N–H and O–H groups in total. The number of methoxy groups -OCH3 is 2. The average molecular weight is 330 g/mol. The molecule has 1 atom stereocenters. The molecule has 0 bridgehead atoms. The third-order valence-electron chi connectivity index (χ3n) is 3.20. The van der Waals surface area contributed by atoms with Crippen LogP contribution in [-0.2, 0) is 9.53 Å². The van der Waals surface area contributed by atoms with Crippen molar-refractivity contribution in [3.05, 3.63) is 60.2 Å². The lowest BCUT2D eigenvalue weighted by Gasteiger charge is -2.20. The Labute approximate surface area is 140 Å². The third kappa shape index (κ3) is 4.43. The molecule has 2 aromatic carbocycles. The standard InChI is InChI=1S/C17H18N2O3S/c1-21-14-11-7-6-10-13(14)18-17(23)19-15(16(20)22-2)12-8-4-3-5-9-12/h3-11,15H,1-2H3,(H2,18,19,23). The average Bonchev–Trinajstić information content (AvgIpc) is 2.60. The molecular formula is C17H18N2O3S. The summed E-state index contributed by atoms with van der Waals surface area (Å²) < 4.78 is 10.1. The van der Waals surface area contributed by atoms with Gasteiger partial charge in [-0.05, 0) is 29.9 Å². The van der Waals surface area contributed by atoms with Crippen molar-refractivity contribution < 1.29 is 14.3 Å². The number of hydrogen-bond donors (Lipinski definition) is 2. The summed E-state index contributed by atoms with van der Waals surface area (Å²) in [6.45, 7) is 0. The molecule has 0 aliphatic carbocycles. The minimum absolute atomic E-state index is 0.300. The number of hydrogen-bond acceptors (Lipinski definition) is 4.